The number of rotatable bonds is 12. The largest absolute Gasteiger partial charge is 0.480 e. The Morgan fingerprint density at radius 1 is 0.891 bits per heavy atom. The fourth-order valence-electron chi connectivity index (χ4n) is 5.79. The van der Waals surface area contributed by atoms with E-state index < -0.39 is 12.0 Å². The lowest BCUT2D eigenvalue weighted by Gasteiger charge is -2.30. The van der Waals surface area contributed by atoms with E-state index in [-0.39, 0.29) is 30.9 Å². The molecule has 3 aromatic rings. The number of carboxylic acid groups (broad SMARTS) is 1. The van der Waals surface area contributed by atoms with Crippen LogP contribution in [0, 0.1) is 0 Å². The highest BCUT2D eigenvalue weighted by Gasteiger charge is 2.30. The summed E-state index contributed by atoms with van der Waals surface area (Å²) in [5, 5.41) is 13.5. The van der Waals surface area contributed by atoms with Crippen LogP contribution < -0.4 is 19.9 Å². The number of carboxylic acids is 1. The molecule has 46 heavy (non-hydrogen) atoms. The fourth-order valence-corrected chi connectivity index (χ4v) is 5.79. The maximum atomic E-state index is 13.9. The molecule has 2 aromatic carbocycles. The Morgan fingerprint density at radius 2 is 1.52 bits per heavy atom. The molecule has 3 heterocycles. The van der Waals surface area contributed by atoms with Crippen LogP contribution in [-0.2, 0) is 17.8 Å². The summed E-state index contributed by atoms with van der Waals surface area (Å²) in [7, 11) is 0. The van der Waals surface area contributed by atoms with Crippen LogP contribution in [0.4, 0.5) is 27.0 Å². The van der Waals surface area contributed by atoms with E-state index >= 15 is 0 Å². The molecule has 2 aliphatic rings. The van der Waals surface area contributed by atoms with Gasteiger partial charge in [0.25, 0.3) is 0 Å². The number of benzene rings is 2. The first-order valence-electron chi connectivity index (χ1n) is 16.1. The highest BCUT2D eigenvalue weighted by Crippen LogP contribution is 2.30. The Bertz CT molecular complexity index is 1470. The van der Waals surface area contributed by atoms with Gasteiger partial charge in [0, 0.05) is 45.7 Å². The van der Waals surface area contributed by atoms with Crippen LogP contribution in [-0.4, -0.2) is 88.3 Å². The lowest BCUT2D eigenvalue weighted by atomic mass is 10.1. The van der Waals surface area contributed by atoms with Gasteiger partial charge in [-0.15, -0.1) is 0 Å². The SMILES string of the molecule is CCN(CC)c1ncc(N(Cc2ccccc2)C(=O)N2CCCC2)c(N[C@@H](Cc2ccc(OC(=O)N3CCCC3)cc2)C(=O)O)n1. The summed E-state index contributed by atoms with van der Waals surface area (Å²) < 4.78 is 5.51. The minimum absolute atomic E-state index is 0.123. The summed E-state index contributed by atoms with van der Waals surface area (Å²) in [5.74, 6) is 0.0418. The lowest BCUT2D eigenvalue weighted by Crippen LogP contribution is -2.42. The number of urea groups is 1. The third-order valence-electron chi connectivity index (χ3n) is 8.43. The molecule has 0 unspecified atom stereocenters. The van der Waals surface area contributed by atoms with E-state index in [0.29, 0.717) is 56.7 Å². The first-order chi connectivity index (χ1) is 22.4. The highest BCUT2D eigenvalue weighted by molar-refractivity contribution is 5.95. The van der Waals surface area contributed by atoms with Crippen molar-refractivity contribution in [3.63, 3.8) is 0 Å². The molecule has 2 fully saturated rings. The molecule has 244 valence electrons. The van der Waals surface area contributed by atoms with Crippen molar-refractivity contribution in [3.8, 4) is 5.75 Å². The smallest absolute Gasteiger partial charge is 0.415 e. The van der Waals surface area contributed by atoms with Crippen molar-refractivity contribution < 1.29 is 24.2 Å². The number of carbonyl (C=O) groups is 3. The summed E-state index contributed by atoms with van der Waals surface area (Å²) in [4.78, 5) is 55.5. The van der Waals surface area contributed by atoms with Crippen molar-refractivity contribution in [2.45, 2.75) is 58.5 Å². The molecule has 0 radical (unpaired) electrons. The Hall–Kier alpha value is -4.87. The zero-order chi connectivity index (χ0) is 32.5. The summed E-state index contributed by atoms with van der Waals surface area (Å²) in [6.07, 6.45) is 5.17. The van der Waals surface area contributed by atoms with Crippen LogP contribution in [0.25, 0.3) is 0 Å². The third-order valence-corrected chi connectivity index (χ3v) is 8.43. The van der Waals surface area contributed by atoms with Gasteiger partial charge < -0.3 is 29.9 Å². The maximum absolute atomic E-state index is 13.9. The number of nitrogens with one attached hydrogen (secondary N) is 1. The molecule has 2 N–H and O–H groups in total. The van der Waals surface area contributed by atoms with Crippen molar-refractivity contribution in [3.05, 3.63) is 71.9 Å². The monoisotopic (exact) mass is 629 g/mol. The summed E-state index contributed by atoms with van der Waals surface area (Å²) in [5.41, 5.74) is 2.07. The van der Waals surface area contributed by atoms with E-state index in [0.717, 1.165) is 36.8 Å². The normalized spacial score (nSPS) is 15.0. The third kappa shape index (κ3) is 8.04. The molecular weight excluding hydrogens is 586 g/mol. The molecular formula is C34H43N7O5. The molecule has 1 aromatic heterocycles. The van der Waals surface area contributed by atoms with Gasteiger partial charge in [-0.3, -0.25) is 4.90 Å². The standard InChI is InChI=1S/C34H43N7O5/c1-3-38(4-2)32-35-23-29(41(24-26-12-6-5-7-13-26)33(44)39-18-8-9-19-39)30(37-32)36-28(31(42)43)22-25-14-16-27(17-15-25)46-34(45)40-20-10-11-21-40/h5-7,12-17,23,28H,3-4,8-11,18-22,24H2,1-2H3,(H,42,43)(H,35,36,37)/t28-/m0/s1. The van der Waals surface area contributed by atoms with Gasteiger partial charge in [-0.2, -0.15) is 4.98 Å². The van der Waals surface area contributed by atoms with Crippen LogP contribution in [0.2, 0.25) is 0 Å². The number of carbonyl (C=O) groups excluding carboxylic acids is 2. The number of amides is 3. The van der Waals surface area contributed by atoms with Gasteiger partial charge in [0.2, 0.25) is 5.95 Å². The topological polar surface area (TPSA) is 131 Å². The predicted octanol–water partition coefficient (Wildman–Crippen LogP) is 5.25. The second-order valence-electron chi connectivity index (χ2n) is 11.6. The number of anilines is 3. The number of aliphatic carboxylic acids is 1. The molecule has 0 aliphatic carbocycles. The van der Waals surface area contributed by atoms with E-state index in [1.54, 1.807) is 40.3 Å². The lowest BCUT2D eigenvalue weighted by molar-refractivity contribution is -0.137. The zero-order valence-corrected chi connectivity index (χ0v) is 26.6. The summed E-state index contributed by atoms with van der Waals surface area (Å²) in [6.45, 7) is 8.29. The Morgan fingerprint density at radius 3 is 2.13 bits per heavy atom. The van der Waals surface area contributed by atoms with Crippen molar-refractivity contribution in [2.75, 3.05) is 54.4 Å². The Balaban J connectivity index is 1.43. The molecule has 0 bridgehead atoms. The number of hydrogen-bond donors (Lipinski definition) is 2. The van der Waals surface area contributed by atoms with E-state index in [1.165, 1.54) is 0 Å². The van der Waals surface area contributed by atoms with E-state index in [9.17, 15) is 19.5 Å². The van der Waals surface area contributed by atoms with Crippen LogP contribution in [0.1, 0.15) is 50.7 Å². The van der Waals surface area contributed by atoms with Crippen molar-refractivity contribution in [1.82, 2.24) is 19.8 Å². The molecule has 5 rings (SSSR count). The first kappa shape index (κ1) is 32.5. The fraction of sp³-hybridized carbons (Fsp3) is 0.441. The van der Waals surface area contributed by atoms with Gasteiger partial charge in [0.1, 0.15) is 17.5 Å². The predicted molar refractivity (Wildman–Crippen MR) is 176 cm³/mol. The average molecular weight is 630 g/mol. The van der Waals surface area contributed by atoms with Crippen molar-refractivity contribution in [2.24, 2.45) is 0 Å². The van der Waals surface area contributed by atoms with Crippen LogP contribution in [0.5, 0.6) is 5.75 Å². The number of nitrogens with zero attached hydrogens (tertiary/aromatic N) is 6. The van der Waals surface area contributed by atoms with E-state index in [2.05, 4.69) is 10.3 Å². The van der Waals surface area contributed by atoms with Gasteiger partial charge in [-0.1, -0.05) is 42.5 Å². The molecule has 12 heteroatoms. The van der Waals surface area contributed by atoms with Gasteiger partial charge in [0.15, 0.2) is 5.82 Å². The van der Waals surface area contributed by atoms with Crippen LogP contribution >= 0.6 is 0 Å². The van der Waals surface area contributed by atoms with Crippen molar-refractivity contribution >= 4 is 35.5 Å². The molecule has 1 atom stereocenters. The molecule has 0 saturated carbocycles. The van der Waals surface area contributed by atoms with Crippen LogP contribution in [0.3, 0.4) is 0 Å². The Labute approximate surface area is 270 Å². The maximum Gasteiger partial charge on any atom is 0.415 e. The van der Waals surface area contributed by atoms with Crippen LogP contribution in [0.15, 0.2) is 60.8 Å². The average Bonchev–Trinajstić information content (AvgIpc) is 3.81. The quantitative estimate of drug-likeness (QED) is 0.276. The summed E-state index contributed by atoms with van der Waals surface area (Å²) >= 11 is 0. The molecule has 2 aliphatic heterocycles. The highest BCUT2D eigenvalue weighted by atomic mass is 16.6. The second kappa shape index (κ2) is 15.4. The second-order valence-corrected chi connectivity index (χ2v) is 11.6. The number of ether oxygens (including phenoxy) is 1. The minimum atomic E-state index is -1.07. The van der Waals surface area contributed by atoms with Gasteiger partial charge >= 0.3 is 18.1 Å². The zero-order valence-electron chi connectivity index (χ0n) is 26.6. The molecule has 2 saturated heterocycles. The minimum Gasteiger partial charge on any atom is -0.480 e. The molecule has 0 spiro atoms. The summed E-state index contributed by atoms with van der Waals surface area (Å²) in [6, 6.07) is 15.3. The van der Waals surface area contributed by atoms with E-state index in [1.807, 2.05) is 54.0 Å². The number of likely N-dealkylation sites (tertiary alicyclic amines) is 2. The van der Waals surface area contributed by atoms with Gasteiger partial charge in [-0.25, -0.2) is 19.4 Å². The van der Waals surface area contributed by atoms with E-state index in [4.69, 9.17) is 9.72 Å². The van der Waals surface area contributed by atoms with Gasteiger partial charge in [-0.05, 0) is 62.8 Å². The van der Waals surface area contributed by atoms with Crippen molar-refractivity contribution in [1.29, 1.82) is 0 Å². The molecule has 12 nitrogen and oxygen atoms in total. The molecule has 3 amide bonds. The number of aromatic nitrogens is 2. The van der Waals surface area contributed by atoms with Gasteiger partial charge in [0.05, 0.1) is 12.7 Å². The first-order valence-corrected chi connectivity index (χ1v) is 16.1. The number of hydrogen-bond acceptors (Lipinski definition) is 8. The Kier molecular flexibility index (Phi) is 10.9.